The molecule has 2 aromatic heterocycles. The Labute approximate surface area is 114 Å². The Hall–Kier alpha value is -1.79. The van der Waals surface area contributed by atoms with E-state index < -0.39 is 0 Å². The van der Waals surface area contributed by atoms with E-state index >= 15 is 0 Å². The number of aliphatic hydroxyl groups excluding tert-OH is 1. The predicted molar refractivity (Wildman–Crippen MR) is 74.2 cm³/mol. The van der Waals surface area contributed by atoms with E-state index in [0.29, 0.717) is 6.54 Å². The van der Waals surface area contributed by atoms with Crippen molar-refractivity contribution in [3.05, 3.63) is 41.2 Å². The fourth-order valence-electron chi connectivity index (χ4n) is 1.92. The normalized spacial score (nSPS) is 11.2. The summed E-state index contributed by atoms with van der Waals surface area (Å²) in [6.45, 7) is 0.830. The van der Waals surface area contributed by atoms with Crippen molar-refractivity contribution in [2.45, 2.75) is 19.4 Å². The van der Waals surface area contributed by atoms with E-state index in [4.69, 9.17) is 5.11 Å². The average molecular weight is 274 g/mol. The molecule has 0 spiro atoms. The zero-order valence-corrected chi connectivity index (χ0v) is 11.2. The molecule has 0 unspecified atom stereocenters. The zero-order valence-electron chi connectivity index (χ0n) is 10.4. The molecule has 1 aromatic carbocycles. The Morgan fingerprint density at radius 2 is 2.16 bits per heavy atom. The van der Waals surface area contributed by atoms with Gasteiger partial charge in [-0.2, -0.15) is 0 Å². The highest BCUT2D eigenvalue weighted by atomic mass is 32.1. The summed E-state index contributed by atoms with van der Waals surface area (Å²) in [4.78, 5) is 4.57. The van der Waals surface area contributed by atoms with Gasteiger partial charge < -0.3 is 5.11 Å². The van der Waals surface area contributed by atoms with Crippen LogP contribution < -0.4 is 0 Å². The molecule has 98 valence electrons. The summed E-state index contributed by atoms with van der Waals surface area (Å²) in [6, 6.07) is 8.11. The van der Waals surface area contributed by atoms with Gasteiger partial charge in [0.05, 0.1) is 22.5 Å². The molecule has 0 aliphatic heterocycles. The van der Waals surface area contributed by atoms with E-state index in [9.17, 15) is 0 Å². The minimum atomic E-state index is 0.185. The molecule has 0 radical (unpaired) electrons. The van der Waals surface area contributed by atoms with Crippen LogP contribution in [0.3, 0.4) is 0 Å². The molecule has 0 aliphatic rings. The Kier molecular flexibility index (Phi) is 3.52. The summed E-state index contributed by atoms with van der Waals surface area (Å²) in [5, 5.41) is 18.0. The van der Waals surface area contributed by atoms with Crippen LogP contribution in [0, 0.1) is 0 Å². The molecule has 0 amide bonds. The third-order valence-electron chi connectivity index (χ3n) is 2.81. The lowest BCUT2D eigenvalue weighted by Crippen LogP contribution is -1.99. The van der Waals surface area contributed by atoms with Crippen molar-refractivity contribution in [3.63, 3.8) is 0 Å². The molecule has 0 atom stereocenters. The number of aromatic nitrogens is 4. The Morgan fingerprint density at radius 1 is 1.26 bits per heavy atom. The van der Waals surface area contributed by atoms with E-state index in [1.54, 1.807) is 16.0 Å². The van der Waals surface area contributed by atoms with Crippen LogP contribution in [0.2, 0.25) is 0 Å². The lowest BCUT2D eigenvalue weighted by molar-refractivity contribution is 0.288. The number of para-hydroxylation sites is 1. The highest BCUT2D eigenvalue weighted by Gasteiger charge is 2.06. The first kappa shape index (κ1) is 12.3. The number of nitrogens with zero attached hydrogens (tertiary/aromatic N) is 4. The predicted octanol–water partition coefficient (Wildman–Crippen LogP) is 1.86. The van der Waals surface area contributed by atoms with Crippen LogP contribution in [0.25, 0.3) is 10.2 Å². The summed E-state index contributed by atoms with van der Waals surface area (Å²) in [5.74, 6) is 0. The molecule has 2 heterocycles. The van der Waals surface area contributed by atoms with Gasteiger partial charge in [0.1, 0.15) is 5.01 Å². The molecule has 19 heavy (non-hydrogen) atoms. The highest BCUT2D eigenvalue weighted by Crippen LogP contribution is 2.21. The number of rotatable bonds is 5. The molecule has 3 aromatic rings. The van der Waals surface area contributed by atoms with Gasteiger partial charge in [0.25, 0.3) is 0 Å². The van der Waals surface area contributed by atoms with Crippen molar-refractivity contribution in [1.82, 2.24) is 20.0 Å². The number of aryl methyl sites for hydroxylation is 1. The van der Waals surface area contributed by atoms with Crippen LogP contribution in [0.5, 0.6) is 0 Å². The van der Waals surface area contributed by atoms with Gasteiger partial charge in [0, 0.05) is 12.8 Å². The van der Waals surface area contributed by atoms with E-state index in [1.807, 2.05) is 24.4 Å². The van der Waals surface area contributed by atoms with Crippen LogP contribution in [0.4, 0.5) is 0 Å². The Balaban J connectivity index is 1.75. The molecule has 1 N–H and O–H groups in total. The molecular weight excluding hydrogens is 260 g/mol. The fourth-order valence-corrected chi connectivity index (χ4v) is 2.88. The first-order valence-corrected chi connectivity index (χ1v) is 7.01. The molecule has 3 rings (SSSR count). The molecular formula is C13H14N4OS. The molecule has 0 bridgehead atoms. The molecule has 0 fully saturated rings. The molecule has 0 aliphatic carbocycles. The summed E-state index contributed by atoms with van der Waals surface area (Å²) < 4.78 is 2.99. The van der Waals surface area contributed by atoms with Gasteiger partial charge in [-0.15, -0.1) is 16.4 Å². The first-order valence-electron chi connectivity index (χ1n) is 6.19. The summed E-state index contributed by atoms with van der Waals surface area (Å²) >= 11 is 1.68. The largest absolute Gasteiger partial charge is 0.396 e. The smallest absolute Gasteiger partial charge is 0.115 e. The number of fused-ring (bicyclic) bond motifs is 1. The third-order valence-corrected chi connectivity index (χ3v) is 3.83. The molecule has 6 heteroatoms. The molecule has 0 saturated carbocycles. The number of thiazole rings is 1. The van der Waals surface area contributed by atoms with Crippen molar-refractivity contribution >= 4 is 21.6 Å². The van der Waals surface area contributed by atoms with Crippen LogP contribution in [0.15, 0.2) is 30.5 Å². The van der Waals surface area contributed by atoms with Gasteiger partial charge in [-0.1, -0.05) is 17.3 Å². The number of benzene rings is 1. The number of hydrogen-bond acceptors (Lipinski definition) is 5. The number of hydrogen-bond donors (Lipinski definition) is 1. The van der Waals surface area contributed by atoms with Gasteiger partial charge in [0.15, 0.2) is 0 Å². The second kappa shape index (κ2) is 5.46. The maximum Gasteiger partial charge on any atom is 0.115 e. The Morgan fingerprint density at radius 3 is 3.00 bits per heavy atom. The molecule has 5 nitrogen and oxygen atoms in total. The fraction of sp³-hybridized carbons (Fsp3) is 0.308. The van der Waals surface area contributed by atoms with Crippen LogP contribution in [0.1, 0.15) is 17.1 Å². The second-order valence-corrected chi connectivity index (χ2v) is 5.43. The van der Waals surface area contributed by atoms with E-state index in [1.165, 1.54) is 4.70 Å². The minimum absolute atomic E-state index is 0.185. The van der Waals surface area contributed by atoms with Gasteiger partial charge in [-0.3, -0.25) is 0 Å². The van der Waals surface area contributed by atoms with Crippen molar-refractivity contribution in [2.24, 2.45) is 0 Å². The lowest BCUT2D eigenvalue weighted by atomic mass is 10.3. The van der Waals surface area contributed by atoms with Gasteiger partial charge >= 0.3 is 0 Å². The summed E-state index contributed by atoms with van der Waals surface area (Å²) in [7, 11) is 0. The van der Waals surface area contributed by atoms with Crippen molar-refractivity contribution < 1.29 is 5.11 Å². The summed E-state index contributed by atoms with van der Waals surface area (Å²) in [6.07, 6.45) is 3.40. The minimum Gasteiger partial charge on any atom is -0.396 e. The summed E-state index contributed by atoms with van der Waals surface area (Å²) in [5.41, 5.74) is 1.94. The van der Waals surface area contributed by atoms with Crippen molar-refractivity contribution in [2.75, 3.05) is 6.61 Å². The monoisotopic (exact) mass is 274 g/mol. The number of aliphatic hydroxyl groups is 1. The standard InChI is InChI=1S/C13H14N4OS/c18-7-3-4-10-8-17(16-15-10)9-13-14-11-5-1-2-6-12(11)19-13/h1-2,5-6,8,18H,3-4,7,9H2. The third kappa shape index (κ3) is 2.80. The second-order valence-electron chi connectivity index (χ2n) is 4.31. The highest BCUT2D eigenvalue weighted by molar-refractivity contribution is 7.18. The van der Waals surface area contributed by atoms with Crippen molar-refractivity contribution in [1.29, 1.82) is 0 Å². The quantitative estimate of drug-likeness (QED) is 0.771. The van der Waals surface area contributed by atoms with Crippen molar-refractivity contribution in [3.8, 4) is 0 Å². The van der Waals surface area contributed by atoms with Gasteiger partial charge in [-0.25, -0.2) is 9.67 Å². The maximum absolute atomic E-state index is 8.79. The van der Waals surface area contributed by atoms with Crippen LogP contribution >= 0.6 is 11.3 Å². The molecule has 0 saturated heterocycles. The van der Waals surface area contributed by atoms with Crippen LogP contribution in [-0.2, 0) is 13.0 Å². The van der Waals surface area contributed by atoms with Gasteiger partial charge in [-0.05, 0) is 25.0 Å². The lowest BCUT2D eigenvalue weighted by Gasteiger charge is -1.94. The average Bonchev–Trinajstić information content (AvgIpc) is 3.02. The maximum atomic E-state index is 8.79. The first-order chi connectivity index (χ1) is 9.35. The topological polar surface area (TPSA) is 63.8 Å². The van der Waals surface area contributed by atoms with E-state index in [0.717, 1.165) is 29.1 Å². The zero-order chi connectivity index (χ0) is 13.1. The SMILES string of the molecule is OCCCc1cn(Cc2nc3ccccc3s2)nn1. The van der Waals surface area contributed by atoms with E-state index in [-0.39, 0.29) is 6.61 Å². The van der Waals surface area contributed by atoms with E-state index in [2.05, 4.69) is 21.4 Å². The Bertz CT molecular complexity index is 643. The van der Waals surface area contributed by atoms with Gasteiger partial charge in [0.2, 0.25) is 0 Å². The van der Waals surface area contributed by atoms with Crippen LogP contribution in [-0.4, -0.2) is 31.7 Å².